The van der Waals surface area contributed by atoms with Crippen LogP contribution in [0.3, 0.4) is 0 Å². The molecule has 0 spiro atoms. The van der Waals surface area contributed by atoms with Crippen molar-refractivity contribution in [1.29, 1.82) is 0 Å². The van der Waals surface area contributed by atoms with Crippen molar-refractivity contribution in [2.24, 2.45) is 0 Å². The van der Waals surface area contributed by atoms with Gasteiger partial charge < -0.3 is 19.2 Å². The summed E-state index contributed by atoms with van der Waals surface area (Å²) in [6.45, 7) is 0.833. The Morgan fingerprint density at radius 2 is 1.83 bits per heavy atom. The van der Waals surface area contributed by atoms with E-state index in [2.05, 4.69) is 10.3 Å². The number of hydrogen-bond donors (Lipinski definition) is 1. The van der Waals surface area contributed by atoms with E-state index in [9.17, 15) is 8.42 Å². The molecule has 1 aliphatic carbocycles. The Balaban J connectivity index is 1.55. The maximum atomic E-state index is 13.5. The van der Waals surface area contributed by atoms with Crippen LogP contribution >= 0.6 is 11.3 Å². The number of sulfone groups is 1. The van der Waals surface area contributed by atoms with Gasteiger partial charge in [0.25, 0.3) is 0 Å². The Labute approximate surface area is 179 Å². The van der Waals surface area contributed by atoms with Gasteiger partial charge in [0.05, 0.1) is 9.77 Å². The first-order valence-corrected chi connectivity index (χ1v) is 12.4. The first kappa shape index (κ1) is 19.4. The van der Waals surface area contributed by atoms with Gasteiger partial charge in [-0.25, -0.2) is 8.42 Å². The van der Waals surface area contributed by atoms with Crippen LogP contribution in [0.4, 0.5) is 5.88 Å². The van der Waals surface area contributed by atoms with Gasteiger partial charge in [-0.2, -0.15) is 4.98 Å². The van der Waals surface area contributed by atoms with Gasteiger partial charge in [0.1, 0.15) is 13.2 Å². The lowest BCUT2D eigenvalue weighted by atomic mass is 9.96. The third kappa shape index (κ3) is 3.67. The van der Waals surface area contributed by atoms with Crippen LogP contribution < -0.4 is 14.8 Å². The summed E-state index contributed by atoms with van der Waals surface area (Å²) in [6, 6.07) is 8.56. The molecule has 0 saturated heterocycles. The summed E-state index contributed by atoms with van der Waals surface area (Å²) >= 11 is 1.45. The fourth-order valence-corrected chi connectivity index (χ4v) is 5.75. The van der Waals surface area contributed by atoms with E-state index in [0.29, 0.717) is 30.6 Å². The summed E-state index contributed by atoms with van der Waals surface area (Å²) in [7, 11) is -3.92. The molecule has 0 atom stereocenters. The third-order valence-corrected chi connectivity index (χ3v) is 7.87. The number of oxazole rings is 1. The molecule has 1 aliphatic heterocycles. The second-order valence-corrected chi connectivity index (χ2v) is 10.2. The summed E-state index contributed by atoms with van der Waals surface area (Å²) in [5, 5.41) is 5.13. The van der Waals surface area contributed by atoms with Crippen molar-refractivity contribution in [3.8, 4) is 22.3 Å². The molecule has 1 aromatic carbocycles. The zero-order valence-corrected chi connectivity index (χ0v) is 17.9. The van der Waals surface area contributed by atoms with Crippen molar-refractivity contribution in [2.45, 2.75) is 48.1 Å². The van der Waals surface area contributed by atoms with E-state index in [1.54, 1.807) is 6.07 Å². The van der Waals surface area contributed by atoms with Crippen LogP contribution in [0.25, 0.3) is 10.8 Å². The predicted molar refractivity (Wildman–Crippen MR) is 113 cm³/mol. The lowest BCUT2D eigenvalue weighted by Gasteiger charge is -2.22. The fourth-order valence-electron chi connectivity index (χ4n) is 3.82. The molecule has 0 bridgehead atoms. The fraction of sp³-hybridized carbons (Fsp3) is 0.381. The molecule has 2 aliphatic rings. The van der Waals surface area contributed by atoms with E-state index in [1.807, 2.05) is 17.5 Å². The summed E-state index contributed by atoms with van der Waals surface area (Å²) in [5.41, 5.74) is 0. The van der Waals surface area contributed by atoms with E-state index in [-0.39, 0.29) is 21.8 Å². The Bertz CT molecular complexity index is 1130. The molecular weight excluding hydrogens is 424 g/mol. The van der Waals surface area contributed by atoms with Gasteiger partial charge in [0.15, 0.2) is 11.5 Å². The molecule has 0 unspecified atom stereocenters. The van der Waals surface area contributed by atoms with E-state index in [4.69, 9.17) is 13.9 Å². The van der Waals surface area contributed by atoms with Crippen molar-refractivity contribution < 1.29 is 22.3 Å². The highest BCUT2D eigenvalue weighted by atomic mass is 32.2. The Morgan fingerprint density at radius 3 is 2.60 bits per heavy atom. The number of nitrogens with one attached hydrogen (secondary N) is 1. The minimum Gasteiger partial charge on any atom is -0.486 e. The van der Waals surface area contributed by atoms with Gasteiger partial charge in [-0.3, -0.25) is 0 Å². The number of benzene rings is 1. The van der Waals surface area contributed by atoms with Gasteiger partial charge in [-0.05, 0) is 36.4 Å². The monoisotopic (exact) mass is 446 g/mol. The van der Waals surface area contributed by atoms with Crippen LogP contribution in [0.5, 0.6) is 11.5 Å². The normalized spacial score (nSPS) is 17.1. The average Bonchev–Trinajstić information content (AvgIpc) is 3.44. The highest BCUT2D eigenvalue weighted by molar-refractivity contribution is 7.91. The van der Waals surface area contributed by atoms with Crippen LogP contribution in [0.1, 0.15) is 32.1 Å². The smallest absolute Gasteiger partial charge is 0.240 e. The molecule has 0 radical (unpaired) electrons. The topological polar surface area (TPSA) is 90.7 Å². The van der Waals surface area contributed by atoms with Crippen molar-refractivity contribution in [1.82, 2.24) is 4.98 Å². The lowest BCUT2D eigenvalue weighted by Crippen LogP contribution is -2.23. The van der Waals surface area contributed by atoms with Crippen LogP contribution in [-0.4, -0.2) is 32.7 Å². The predicted octanol–water partition coefficient (Wildman–Crippen LogP) is 4.75. The molecular formula is C21H22N2O5S2. The van der Waals surface area contributed by atoms with Crippen molar-refractivity contribution in [3.63, 3.8) is 0 Å². The Morgan fingerprint density at radius 1 is 1.03 bits per heavy atom. The Kier molecular flexibility index (Phi) is 5.16. The van der Waals surface area contributed by atoms with Gasteiger partial charge in [0, 0.05) is 12.1 Å². The minimum atomic E-state index is -3.92. The van der Waals surface area contributed by atoms with Crippen LogP contribution in [0.2, 0.25) is 0 Å². The highest BCUT2D eigenvalue weighted by Gasteiger charge is 2.31. The number of aromatic nitrogens is 1. The van der Waals surface area contributed by atoms with E-state index < -0.39 is 9.84 Å². The first-order chi connectivity index (χ1) is 14.6. The molecule has 1 fully saturated rings. The summed E-state index contributed by atoms with van der Waals surface area (Å²) in [5.74, 6) is 1.48. The van der Waals surface area contributed by atoms with Gasteiger partial charge in [-0.1, -0.05) is 25.3 Å². The number of hydrogen-bond acceptors (Lipinski definition) is 8. The number of anilines is 1. The second kappa shape index (κ2) is 7.96. The summed E-state index contributed by atoms with van der Waals surface area (Å²) < 4.78 is 44.0. The summed E-state index contributed by atoms with van der Waals surface area (Å²) in [4.78, 5) is 5.28. The first-order valence-electron chi connectivity index (χ1n) is 10.1. The molecule has 30 heavy (non-hydrogen) atoms. The second-order valence-electron chi connectivity index (χ2n) is 7.42. The third-order valence-electron chi connectivity index (χ3n) is 5.35. The quantitative estimate of drug-likeness (QED) is 0.605. The Hall–Kier alpha value is -2.52. The number of thiophene rings is 1. The largest absolute Gasteiger partial charge is 0.486 e. The molecule has 3 aromatic rings. The standard InChI is InChI=1S/C21H22N2O5S2/c24-30(25,15-8-9-16-17(13-15)27-11-10-26-16)21-20(22-14-5-2-1-3-6-14)28-19(23-21)18-7-4-12-29-18/h4,7-9,12-14,22H,1-3,5-6,10-11H2. The van der Waals surface area contributed by atoms with Crippen molar-refractivity contribution in [3.05, 3.63) is 35.7 Å². The number of nitrogens with zero attached hydrogens (tertiary/aromatic N) is 1. The summed E-state index contributed by atoms with van der Waals surface area (Å²) in [6.07, 6.45) is 5.41. The zero-order valence-electron chi connectivity index (χ0n) is 16.3. The molecule has 158 valence electrons. The van der Waals surface area contributed by atoms with E-state index >= 15 is 0 Å². The molecule has 9 heteroatoms. The maximum Gasteiger partial charge on any atom is 0.240 e. The molecule has 5 rings (SSSR count). The lowest BCUT2D eigenvalue weighted by molar-refractivity contribution is 0.171. The van der Waals surface area contributed by atoms with Crippen LogP contribution in [0.15, 0.2) is 50.1 Å². The van der Waals surface area contributed by atoms with E-state index in [1.165, 1.54) is 29.9 Å². The maximum absolute atomic E-state index is 13.5. The number of ether oxygens (including phenoxy) is 2. The molecule has 3 heterocycles. The van der Waals surface area contributed by atoms with Gasteiger partial charge in [-0.15, -0.1) is 11.3 Å². The SMILES string of the molecule is O=S(=O)(c1ccc2c(c1)OCCO2)c1nc(-c2cccs2)oc1NC1CCCCC1. The molecule has 7 nitrogen and oxygen atoms in total. The van der Waals surface area contributed by atoms with Crippen LogP contribution in [0, 0.1) is 0 Å². The molecule has 1 saturated carbocycles. The van der Waals surface area contributed by atoms with Gasteiger partial charge >= 0.3 is 0 Å². The highest BCUT2D eigenvalue weighted by Crippen LogP contribution is 2.38. The van der Waals surface area contributed by atoms with Crippen molar-refractivity contribution >= 4 is 27.1 Å². The minimum absolute atomic E-state index is 0.0897. The average molecular weight is 447 g/mol. The zero-order chi connectivity index (χ0) is 20.6. The van der Waals surface area contributed by atoms with Crippen molar-refractivity contribution in [2.75, 3.05) is 18.5 Å². The van der Waals surface area contributed by atoms with E-state index in [0.717, 1.165) is 30.6 Å². The van der Waals surface area contributed by atoms with Crippen LogP contribution in [-0.2, 0) is 9.84 Å². The molecule has 2 aromatic heterocycles. The number of rotatable bonds is 5. The number of fused-ring (bicyclic) bond motifs is 1. The molecule has 1 N–H and O–H groups in total. The molecule has 0 amide bonds. The van der Waals surface area contributed by atoms with Gasteiger partial charge in [0.2, 0.25) is 26.6 Å².